The molecule has 2 atom stereocenters. The lowest BCUT2D eigenvalue weighted by molar-refractivity contribution is -0.185. The summed E-state index contributed by atoms with van der Waals surface area (Å²) in [6, 6.07) is 7.74. The van der Waals surface area contributed by atoms with Gasteiger partial charge in [-0.15, -0.1) is 11.6 Å². The molecule has 124 valence electrons. The van der Waals surface area contributed by atoms with Crippen LogP contribution in [0.3, 0.4) is 0 Å². The Hall–Kier alpha value is -1.14. The van der Waals surface area contributed by atoms with Crippen LogP contribution in [0.15, 0.2) is 24.3 Å². The second-order valence-electron chi connectivity index (χ2n) is 6.39. The molecule has 5 nitrogen and oxygen atoms in total. The van der Waals surface area contributed by atoms with Crippen molar-refractivity contribution in [2.24, 2.45) is 0 Å². The van der Waals surface area contributed by atoms with Gasteiger partial charge in [0.2, 0.25) is 0 Å². The van der Waals surface area contributed by atoms with Crippen molar-refractivity contribution in [1.82, 2.24) is 4.90 Å². The second-order valence-corrected chi connectivity index (χ2v) is 6.70. The summed E-state index contributed by atoms with van der Waals surface area (Å²) in [7, 11) is 0. The number of likely N-dealkylation sites (tertiary alicyclic amines) is 1. The third-order valence-corrected chi connectivity index (χ3v) is 5.19. The monoisotopic (exact) mass is 336 g/mol. The Kier molecular flexibility index (Phi) is 4.05. The van der Waals surface area contributed by atoms with Crippen molar-refractivity contribution in [1.29, 1.82) is 0 Å². The van der Waals surface area contributed by atoms with Crippen LogP contribution in [-0.4, -0.2) is 49.2 Å². The summed E-state index contributed by atoms with van der Waals surface area (Å²) in [6.07, 6.45) is 3.41. The van der Waals surface area contributed by atoms with Crippen molar-refractivity contribution < 1.29 is 14.3 Å². The first kappa shape index (κ1) is 15.4. The SMILES string of the molecule is O=C1N(CN2CCCCC2)c2ccccc2[C@@]12OC[C@@H](CCl)O2. The third-order valence-electron chi connectivity index (χ3n) is 4.84. The molecule has 23 heavy (non-hydrogen) atoms. The van der Waals surface area contributed by atoms with Crippen LogP contribution >= 0.6 is 11.6 Å². The number of benzene rings is 1. The topological polar surface area (TPSA) is 42.0 Å². The van der Waals surface area contributed by atoms with Crippen molar-refractivity contribution in [3.8, 4) is 0 Å². The number of ether oxygens (including phenoxy) is 2. The largest absolute Gasteiger partial charge is 0.336 e. The molecular formula is C17H21ClN2O3. The minimum atomic E-state index is -1.30. The molecule has 2 fully saturated rings. The molecule has 1 spiro atoms. The van der Waals surface area contributed by atoms with Gasteiger partial charge in [0.05, 0.1) is 30.9 Å². The van der Waals surface area contributed by atoms with Crippen LogP contribution in [0.2, 0.25) is 0 Å². The summed E-state index contributed by atoms with van der Waals surface area (Å²) in [4.78, 5) is 17.3. The van der Waals surface area contributed by atoms with Gasteiger partial charge in [0.1, 0.15) is 0 Å². The Morgan fingerprint density at radius 2 is 2.00 bits per heavy atom. The summed E-state index contributed by atoms with van der Waals surface area (Å²) in [6.45, 7) is 3.01. The van der Waals surface area contributed by atoms with Crippen molar-refractivity contribution in [3.05, 3.63) is 29.8 Å². The lowest BCUT2D eigenvalue weighted by Gasteiger charge is -2.31. The van der Waals surface area contributed by atoms with Crippen LogP contribution in [0.1, 0.15) is 24.8 Å². The Morgan fingerprint density at radius 3 is 2.74 bits per heavy atom. The van der Waals surface area contributed by atoms with Crippen LogP contribution in [0.25, 0.3) is 0 Å². The van der Waals surface area contributed by atoms with E-state index < -0.39 is 5.79 Å². The van der Waals surface area contributed by atoms with Gasteiger partial charge in [0, 0.05) is 5.56 Å². The Morgan fingerprint density at radius 1 is 1.22 bits per heavy atom. The zero-order chi connectivity index (χ0) is 15.9. The van der Waals surface area contributed by atoms with Crippen LogP contribution in [0.4, 0.5) is 5.69 Å². The molecule has 1 aromatic carbocycles. The number of carbonyl (C=O) groups is 1. The number of para-hydroxylation sites is 1. The highest BCUT2D eigenvalue weighted by Crippen LogP contribution is 2.47. The van der Waals surface area contributed by atoms with Crippen molar-refractivity contribution >= 4 is 23.2 Å². The maximum absolute atomic E-state index is 13.1. The molecular weight excluding hydrogens is 316 g/mol. The van der Waals surface area contributed by atoms with E-state index in [-0.39, 0.29) is 12.0 Å². The number of piperidine rings is 1. The molecule has 1 amide bonds. The summed E-state index contributed by atoms with van der Waals surface area (Å²) in [5.41, 5.74) is 1.69. The molecule has 0 bridgehead atoms. The van der Waals surface area contributed by atoms with Gasteiger partial charge >= 0.3 is 0 Å². The van der Waals surface area contributed by atoms with Crippen LogP contribution < -0.4 is 4.90 Å². The molecule has 3 aliphatic heterocycles. The summed E-state index contributed by atoms with van der Waals surface area (Å²) in [5.74, 6) is -1.10. The fourth-order valence-electron chi connectivity index (χ4n) is 3.67. The maximum atomic E-state index is 13.1. The second kappa shape index (κ2) is 6.06. The number of nitrogens with zero attached hydrogens (tertiary/aromatic N) is 2. The van der Waals surface area contributed by atoms with E-state index in [1.165, 1.54) is 19.3 Å². The zero-order valence-electron chi connectivity index (χ0n) is 13.0. The fourth-order valence-corrected chi connectivity index (χ4v) is 3.83. The maximum Gasteiger partial charge on any atom is 0.293 e. The first-order chi connectivity index (χ1) is 11.2. The first-order valence-corrected chi connectivity index (χ1v) is 8.79. The number of hydrogen-bond acceptors (Lipinski definition) is 4. The molecule has 0 aliphatic carbocycles. The molecule has 0 aromatic heterocycles. The molecule has 0 radical (unpaired) electrons. The Bertz CT molecular complexity index is 605. The van der Waals surface area contributed by atoms with Crippen LogP contribution in [-0.2, 0) is 20.1 Å². The predicted molar refractivity (Wildman–Crippen MR) is 87.4 cm³/mol. The van der Waals surface area contributed by atoms with E-state index in [2.05, 4.69) is 4.90 Å². The van der Waals surface area contributed by atoms with Gasteiger partial charge in [-0.05, 0) is 32.0 Å². The fraction of sp³-hybridized carbons (Fsp3) is 0.588. The summed E-state index contributed by atoms with van der Waals surface area (Å²) in [5, 5.41) is 0. The van der Waals surface area contributed by atoms with E-state index >= 15 is 0 Å². The molecule has 4 rings (SSSR count). The Labute approximate surface area is 141 Å². The number of hydrogen-bond donors (Lipinski definition) is 0. The molecule has 0 unspecified atom stereocenters. The molecule has 0 N–H and O–H groups in total. The van der Waals surface area contributed by atoms with Gasteiger partial charge in [-0.1, -0.05) is 24.6 Å². The van der Waals surface area contributed by atoms with Gasteiger partial charge < -0.3 is 9.47 Å². The lowest BCUT2D eigenvalue weighted by Crippen LogP contribution is -2.47. The van der Waals surface area contributed by atoms with Crippen molar-refractivity contribution in [2.75, 3.05) is 37.1 Å². The Balaban J connectivity index is 1.65. The van der Waals surface area contributed by atoms with E-state index in [1.807, 2.05) is 24.3 Å². The van der Waals surface area contributed by atoms with Gasteiger partial charge in [0.15, 0.2) is 0 Å². The van der Waals surface area contributed by atoms with Crippen molar-refractivity contribution in [3.63, 3.8) is 0 Å². The first-order valence-electron chi connectivity index (χ1n) is 8.26. The minimum Gasteiger partial charge on any atom is -0.336 e. The van der Waals surface area contributed by atoms with E-state index in [1.54, 1.807) is 4.90 Å². The van der Waals surface area contributed by atoms with Crippen molar-refractivity contribution in [2.45, 2.75) is 31.2 Å². The number of halogens is 1. The summed E-state index contributed by atoms with van der Waals surface area (Å²) < 4.78 is 11.8. The number of fused-ring (bicyclic) bond motifs is 2. The van der Waals surface area contributed by atoms with E-state index in [0.717, 1.165) is 24.3 Å². The zero-order valence-corrected chi connectivity index (χ0v) is 13.8. The summed E-state index contributed by atoms with van der Waals surface area (Å²) >= 11 is 5.90. The number of anilines is 1. The van der Waals surface area contributed by atoms with Crippen LogP contribution in [0.5, 0.6) is 0 Å². The molecule has 6 heteroatoms. The number of amides is 1. The normalized spacial score (nSPS) is 31.1. The smallest absolute Gasteiger partial charge is 0.293 e. The van der Waals surface area contributed by atoms with Gasteiger partial charge in [-0.2, -0.15) is 0 Å². The highest BCUT2D eigenvalue weighted by Gasteiger charge is 2.58. The minimum absolute atomic E-state index is 0.128. The third kappa shape index (κ3) is 2.47. The van der Waals surface area contributed by atoms with Gasteiger partial charge in [-0.3, -0.25) is 14.6 Å². The molecule has 3 aliphatic rings. The molecule has 1 aromatic rings. The molecule has 3 heterocycles. The molecule has 2 saturated heterocycles. The molecule has 0 saturated carbocycles. The predicted octanol–water partition coefficient (Wildman–Crippen LogP) is 2.28. The number of rotatable bonds is 3. The van der Waals surface area contributed by atoms with E-state index in [4.69, 9.17) is 21.1 Å². The highest BCUT2D eigenvalue weighted by molar-refractivity contribution is 6.18. The number of alkyl halides is 1. The quantitative estimate of drug-likeness (QED) is 0.794. The average Bonchev–Trinajstić information content (AvgIpc) is 3.13. The van der Waals surface area contributed by atoms with E-state index in [0.29, 0.717) is 19.2 Å². The van der Waals surface area contributed by atoms with Crippen LogP contribution in [0, 0.1) is 0 Å². The van der Waals surface area contributed by atoms with Gasteiger partial charge in [0.25, 0.3) is 11.7 Å². The number of carbonyl (C=O) groups excluding carboxylic acids is 1. The highest BCUT2D eigenvalue weighted by atomic mass is 35.5. The lowest BCUT2D eigenvalue weighted by atomic mass is 10.1. The van der Waals surface area contributed by atoms with Gasteiger partial charge in [-0.25, -0.2) is 0 Å². The standard InChI is InChI=1S/C17H21ClN2O3/c18-10-13-11-22-17(23-13)14-6-2-3-7-15(14)20(16(17)21)12-19-8-4-1-5-9-19/h2-3,6-7,13H,1,4-5,8-12H2/t13-,17+/m1/s1. The van der Waals surface area contributed by atoms with E-state index in [9.17, 15) is 4.79 Å². The average molecular weight is 337 g/mol.